The van der Waals surface area contributed by atoms with Crippen LogP contribution in [0.5, 0.6) is 0 Å². The molecule has 29 heavy (non-hydrogen) atoms. The van der Waals surface area contributed by atoms with E-state index in [1.807, 2.05) is 48.5 Å². The highest BCUT2D eigenvalue weighted by Crippen LogP contribution is 2.23. The Labute approximate surface area is 175 Å². The molecule has 152 valence electrons. The molecule has 0 atom stereocenters. The zero-order valence-electron chi connectivity index (χ0n) is 16.7. The molecule has 0 spiro atoms. The Bertz CT molecular complexity index is 914. The van der Waals surface area contributed by atoms with Gasteiger partial charge in [0.25, 0.3) is 5.91 Å². The predicted molar refractivity (Wildman–Crippen MR) is 118 cm³/mol. The molecule has 1 amide bonds. The van der Waals surface area contributed by atoms with Crippen LogP contribution in [0.15, 0.2) is 53.7 Å². The second-order valence-corrected chi connectivity index (χ2v) is 8.41. The highest BCUT2D eigenvalue weighted by atomic mass is 32.2. The zero-order valence-corrected chi connectivity index (χ0v) is 17.5. The van der Waals surface area contributed by atoms with Gasteiger partial charge in [-0.15, -0.1) is 0 Å². The van der Waals surface area contributed by atoms with Crippen LogP contribution in [0.25, 0.3) is 11.0 Å². The van der Waals surface area contributed by atoms with E-state index in [0.29, 0.717) is 12.1 Å². The first-order chi connectivity index (χ1) is 14.2. The van der Waals surface area contributed by atoms with Crippen LogP contribution in [-0.4, -0.2) is 72.0 Å². The van der Waals surface area contributed by atoms with E-state index in [2.05, 4.69) is 32.1 Å². The second kappa shape index (κ2) is 9.43. The standard InChI is InChI=1S/C22H27N5OS/c1-26-12-14-27(15-13-26)11-10-23-21(28)18-8-6-17(7-9-18)16-29-22-24-19-4-2-3-5-20(19)25-22/h2-9H,10-16H2,1H3,(H,23,28)(H,24,25). The number of rotatable bonds is 7. The van der Waals surface area contributed by atoms with Gasteiger partial charge in [-0.05, 0) is 36.9 Å². The minimum atomic E-state index is -0.00406. The van der Waals surface area contributed by atoms with Crippen molar-refractivity contribution < 1.29 is 4.79 Å². The fraction of sp³-hybridized carbons (Fsp3) is 0.364. The zero-order chi connectivity index (χ0) is 20.1. The number of carbonyl (C=O) groups is 1. The molecule has 3 aromatic rings. The summed E-state index contributed by atoms with van der Waals surface area (Å²) < 4.78 is 0. The lowest BCUT2D eigenvalue weighted by molar-refractivity contribution is 0.0941. The van der Waals surface area contributed by atoms with Crippen molar-refractivity contribution in [3.05, 3.63) is 59.7 Å². The molecule has 2 heterocycles. The van der Waals surface area contributed by atoms with Gasteiger partial charge in [-0.3, -0.25) is 9.69 Å². The number of amides is 1. The number of benzene rings is 2. The number of imidazole rings is 1. The first-order valence-corrected chi connectivity index (χ1v) is 11.0. The fourth-order valence-electron chi connectivity index (χ4n) is 3.40. The number of likely N-dealkylation sites (N-methyl/N-ethyl adjacent to an activating group) is 1. The van der Waals surface area contributed by atoms with Gasteiger partial charge in [-0.2, -0.15) is 0 Å². The van der Waals surface area contributed by atoms with Gasteiger partial charge in [-0.25, -0.2) is 4.98 Å². The minimum Gasteiger partial charge on any atom is -0.351 e. The average Bonchev–Trinajstić information content (AvgIpc) is 3.17. The summed E-state index contributed by atoms with van der Waals surface area (Å²) in [6.07, 6.45) is 0. The van der Waals surface area contributed by atoms with Gasteiger partial charge in [0.05, 0.1) is 11.0 Å². The minimum absolute atomic E-state index is 0.00406. The van der Waals surface area contributed by atoms with Crippen LogP contribution < -0.4 is 5.32 Å². The number of hydrogen-bond donors (Lipinski definition) is 2. The van der Waals surface area contributed by atoms with E-state index in [-0.39, 0.29) is 5.91 Å². The van der Waals surface area contributed by atoms with E-state index in [1.165, 1.54) is 5.56 Å². The number of nitrogens with zero attached hydrogens (tertiary/aromatic N) is 3. The maximum absolute atomic E-state index is 12.4. The normalized spacial score (nSPS) is 15.6. The average molecular weight is 410 g/mol. The quantitative estimate of drug-likeness (QED) is 0.588. The van der Waals surface area contributed by atoms with Crippen LogP contribution in [-0.2, 0) is 5.75 Å². The molecule has 0 aliphatic carbocycles. The van der Waals surface area contributed by atoms with E-state index < -0.39 is 0 Å². The van der Waals surface area contributed by atoms with Crippen molar-refractivity contribution in [2.24, 2.45) is 0 Å². The van der Waals surface area contributed by atoms with Crippen LogP contribution in [0.1, 0.15) is 15.9 Å². The lowest BCUT2D eigenvalue weighted by atomic mass is 10.1. The molecule has 0 unspecified atom stereocenters. The van der Waals surface area contributed by atoms with Gasteiger partial charge < -0.3 is 15.2 Å². The van der Waals surface area contributed by atoms with Gasteiger partial charge in [-0.1, -0.05) is 36.0 Å². The first-order valence-electron chi connectivity index (χ1n) is 10.0. The Morgan fingerprint density at radius 1 is 1.10 bits per heavy atom. The molecule has 2 aromatic carbocycles. The molecule has 1 saturated heterocycles. The Balaban J connectivity index is 1.23. The summed E-state index contributed by atoms with van der Waals surface area (Å²) in [5.41, 5.74) is 3.92. The monoisotopic (exact) mass is 409 g/mol. The van der Waals surface area contributed by atoms with Gasteiger partial charge in [0.1, 0.15) is 0 Å². The van der Waals surface area contributed by atoms with E-state index in [1.54, 1.807) is 11.8 Å². The summed E-state index contributed by atoms with van der Waals surface area (Å²) in [6.45, 7) is 5.94. The van der Waals surface area contributed by atoms with Gasteiger partial charge >= 0.3 is 0 Å². The van der Waals surface area contributed by atoms with Crippen LogP contribution in [0.4, 0.5) is 0 Å². The number of para-hydroxylation sites is 2. The molecule has 0 radical (unpaired) electrons. The van der Waals surface area contributed by atoms with Crippen LogP contribution in [0, 0.1) is 0 Å². The largest absolute Gasteiger partial charge is 0.351 e. The van der Waals surface area contributed by atoms with Gasteiger partial charge in [0.15, 0.2) is 5.16 Å². The molecule has 0 bridgehead atoms. The summed E-state index contributed by atoms with van der Waals surface area (Å²) in [7, 11) is 2.15. The Morgan fingerprint density at radius 3 is 2.62 bits per heavy atom. The predicted octanol–water partition coefficient (Wildman–Crippen LogP) is 2.83. The summed E-state index contributed by atoms with van der Waals surface area (Å²) in [6, 6.07) is 15.9. The number of aromatic nitrogens is 2. The maximum atomic E-state index is 12.4. The van der Waals surface area contributed by atoms with Crippen LogP contribution >= 0.6 is 11.8 Å². The molecule has 4 rings (SSSR count). The Kier molecular flexibility index (Phi) is 6.49. The number of H-pyrrole nitrogens is 1. The molecule has 1 aromatic heterocycles. The molecule has 1 fully saturated rings. The number of thioether (sulfide) groups is 1. The van der Waals surface area contributed by atoms with Crippen molar-refractivity contribution in [2.75, 3.05) is 46.3 Å². The molecule has 0 saturated carbocycles. The highest BCUT2D eigenvalue weighted by molar-refractivity contribution is 7.98. The lowest BCUT2D eigenvalue weighted by Gasteiger charge is -2.32. The van der Waals surface area contributed by atoms with E-state index in [4.69, 9.17) is 0 Å². The Morgan fingerprint density at radius 2 is 1.86 bits per heavy atom. The first kappa shape index (κ1) is 19.9. The summed E-state index contributed by atoms with van der Waals surface area (Å²) in [5.74, 6) is 0.807. The third-order valence-corrected chi connectivity index (χ3v) is 6.21. The van der Waals surface area contributed by atoms with Crippen molar-refractivity contribution in [3.8, 4) is 0 Å². The summed E-state index contributed by atoms with van der Waals surface area (Å²) in [5, 5.41) is 3.95. The van der Waals surface area contributed by atoms with Crippen molar-refractivity contribution in [1.29, 1.82) is 0 Å². The van der Waals surface area contributed by atoms with Crippen molar-refractivity contribution in [1.82, 2.24) is 25.1 Å². The summed E-state index contributed by atoms with van der Waals surface area (Å²) >= 11 is 1.67. The third-order valence-electron chi connectivity index (χ3n) is 5.27. The molecular weight excluding hydrogens is 382 g/mol. The van der Waals surface area contributed by atoms with E-state index in [0.717, 1.165) is 54.7 Å². The molecule has 7 heteroatoms. The fourth-order valence-corrected chi connectivity index (χ4v) is 4.24. The van der Waals surface area contributed by atoms with Crippen LogP contribution in [0.2, 0.25) is 0 Å². The molecule has 1 aliphatic rings. The molecule has 1 aliphatic heterocycles. The van der Waals surface area contributed by atoms with E-state index >= 15 is 0 Å². The number of piperazine rings is 1. The third kappa shape index (κ3) is 5.38. The number of hydrogen-bond acceptors (Lipinski definition) is 5. The number of nitrogens with one attached hydrogen (secondary N) is 2. The highest BCUT2D eigenvalue weighted by Gasteiger charge is 2.13. The van der Waals surface area contributed by atoms with Crippen molar-refractivity contribution >= 4 is 28.7 Å². The van der Waals surface area contributed by atoms with E-state index in [9.17, 15) is 4.79 Å². The molecular formula is C22H27N5OS. The number of carbonyl (C=O) groups excluding carboxylic acids is 1. The SMILES string of the molecule is CN1CCN(CCNC(=O)c2ccc(CSc3nc4ccccc4[nH]3)cc2)CC1. The smallest absolute Gasteiger partial charge is 0.251 e. The summed E-state index contributed by atoms with van der Waals surface area (Å²) in [4.78, 5) is 25.0. The van der Waals surface area contributed by atoms with Gasteiger partial charge in [0.2, 0.25) is 0 Å². The molecule has 6 nitrogen and oxygen atoms in total. The maximum Gasteiger partial charge on any atom is 0.251 e. The lowest BCUT2D eigenvalue weighted by Crippen LogP contribution is -2.46. The second-order valence-electron chi connectivity index (χ2n) is 7.45. The van der Waals surface area contributed by atoms with Crippen LogP contribution in [0.3, 0.4) is 0 Å². The Hall–Kier alpha value is -2.35. The van der Waals surface area contributed by atoms with Crippen molar-refractivity contribution in [3.63, 3.8) is 0 Å². The number of aromatic amines is 1. The van der Waals surface area contributed by atoms with Crippen molar-refractivity contribution in [2.45, 2.75) is 10.9 Å². The number of fused-ring (bicyclic) bond motifs is 1. The molecule has 2 N–H and O–H groups in total. The van der Waals surface area contributed by atoms with Gasteiger partial charge in [0, 0.05) is 50.6 Å². The topological polar surface area (TPSA) is 64.3 Å².